The number of hydroxylamine groups is 2. The lowest BCUT2D eigenvalue weighted by Crippen LogP contribution is -2.46. The first-order valence-corrected chi connectivity index (χ1v) is 21.6. The van der Waals surface area contributed by atoms with E-state index in [-0.39, 0.29) is 16.6 Å². The fourth-order valence-electron chi connectivity index (χ4n) is 8.64. The summed E-state index contributed by atoms with van der Waals surface area (Å²) >= 11 is 1.93. The Labute approximate surface area is 329 Å². The van der Waals surface area contributed by atoms with Crippen molar-refractivity contribution in [2.24, 2.45) is 5.41 Å². The van der Waals surface area contributed by atoms with Crippen molar-refractivity contribution in [3.63, 3.8) is 0 Å². The van der Waals surface area contributed by atoms with Gasteiger partial charge < -0.3 is 9.94 Å². The summed E-state index contributed by atoms with van der Waals surface area (Å²) in [6.45, 7) is 3.68. The Hall–Kier alpha value is -3.59. The number of aryl methyl sites for hydroxylation is 1. The number of carbonyl (C=O) groups is 1. The number of rotatable bonds is 15. The summed E-state index contributed by atoms with van der Waals surface area (Å²) in [6.07, 6.45) is 20.0. The van der Waals surface area contributed by atoms with E-state index >= 15 is 0 Å². The first kappa shape index (κ1) is 39.6. The van der Waals surface area contributed by atoms with Gasteiger partial charge in [-0.05, 0) is 111 Å². The van der Waals surface area contributed by atoms with E-state index in [1.165, 1.54) is 50.2 Å². The minimum atomic E-state index is -0.942. The van der Waals surface area contributed by atoms with Gasteiger partial charge in [0.05, 0.1) is 23.2 Å². The Morgan fingerprint density at radius 3 is 2.29 bits per heavy atom. The zero-order valence-electron chi connectivity index (χ0n) is 32.5. The van der Waals surface area contributed by atoms with Crippen LogP contribution in [0, 0.1) is 17.0 Å². The van der Waals surface area contributed by atoms with Gasteiger partial charge in [-0.1, -0.05) is 99.2 Å². The summed E-state index contributed by atoms with van der Waals surface area (Å²) in [5.74, 6) is -0.972. The maximum absolute atomic E-state index is 13.9. The number of aromatic nitrogens is 1. The van der Waals surface area contributed by atoms with Gasteiger partial charge in [-0.25, -0.2) is 13.8 Å². The van der Waals surface area contributed by atoms with E-state index < -0.39 is 17.2 Å². The van der Waals surface area contributed by atoms with Crippen molar-refractivity contribution in [3.05, 3.63) is 112 Å². The predicted molar refractivity (Wildman–Crippen MR) is 220 cm³/mol. The second-order valence-electron chi connectivity index (χ2n) is 16.8. The van der Waals surface area contributed by atoms with Crippen LogP contribution in [0.25, 0.3) is 23.1 Å². The topological polar surface area (TPSA) is 62.7 Å². The van der Waals surface area contributed by atoms with Crippen LogP contribution < -0.4 is 0 Å². The maximum Gasteiger partial charge on any atom is 0.325 e. The van der Waals surface area contributed by atoms with Crippen molar-refractivity contribution in [3.8, 4) is 0 Å². The van der Waals surface area contributed by atoms with Crippen molar-refractivity contribution in [2.45, 2.75) is 133 Å². The van der Waals surface area contributed by atoms with Crippen LogP contribution in [0.15, 0.2) is 72.8 Å². The third-order valence-electron chi connectivity index (χ3n) is 12.0. The smallest absolute Gasteiger partial charge is 0.325 e. The molecule has 3 aromatic carbocycles. The first-order valence-electron chi connectivity index (χ1n) is 20.5. The standard InChI is InChI=1S/C47H56F2N2O3S/c1-46(2,53)40-19-10-9-13-34(40)22-25-44(36-14-11-12-33(28-36)20-23-37-24-21-35-29-41(48)42(49)30-43(35)50-37)55-32-47(26-27-47)31-45(52)54-51(38-15-5-3-6-16-38)39-17-7-4-8-18-39/h9-14,19-21,23-24,28-30,38-39,44,53H,3-8,15-18,22,25-27,31-32H2,1-2H3/t44-/m1/s1. The second-order valence-corrected chi connectivity index (χ2v) is 18.0. The zero-order valence-corrected chi connectivity index (χ0v) is 33.3. The molecule has 55 heavy (non-hydrogen) atoms. The average Bonchev–Trinajstić information content (AvgIpc) is 3.96. The van der Waals surface area contributed by atoms with Crippen LogP contribution in [0.2, 0.25) is 0 Å². The summed E-state index contributed by atoms with van der Waals surface area (Å²) in [5, 5.41) is 13.8. The highest BCUT2D eigenvalue weighted by atomic mass is 32.2. The molecule has 292 valence electrons. The van der Waals surface area contributed by atoms with Crippen molar-refractivity contribution in [1.29, 1.82) is 0 Å². The number of hydrogen-bond acceptors (Lipinski definition) is 6. The summed E-state index contributed by atoms with van der Waals surface area (Å²) < 4.78 is 27.7. The van der Waals surface area contributed by atoms with Gasteiger partial charge in [0.1, 0.15) is 0 Å². The maximum atomic E-state index is 13.9. The summed E-state index contributed by atoms with van der Waals surface area (Å²) in [4.78, 5) is 24.7. The normalized spacial score (nSPS) is 18.6. The van der Waals surface area contributed by atoms with Crippen molar-refractivity contribution >= 4 is 40.8 Å². The lowest BCUT2D eigenvalue weighted by atomic mass is 9.90. The molecule has 3 saturated carbocycles. The number of fused-ring (bicyclic) bond motifs is 1. The molecule has 1 heterocycles. The Bertz CT molecular complexity index is 1940. The minimum absolute atomic E-state index is 0.0442. The van der Waals surface area contributed by atoms with Crippen LogP contribution in [-0.4, -0.2) is 39.0 Å². The number of carbonyl (C=O) groups excluding carboxylic acids is 1. The molecular formula is C47H56F2N2O3S. The highest BCUT2D eigenvalue weighted by molar-refractivity contribution is 7.99. The van der Waals surface area contributed by atoms with Crippen molar-refractivity contribution < 1.29 is 23.5 Å². The molecule has 1 aromatic heterocycles. The molecule has 0 radical (unpaired) electrons. The van der Waals surface area contributed by atoms with Crippen LogP contribution >= 0.6 is 11.8 Å². The molecule has 0 bridgehead atoms. The molecule has 0 unspecified atom stereocenters. The largest absolute Gasteiger partial charge is 0.386 e. The van der Waals surface area contributed by atoms with Gasteiger partial charge >= 0.3 is 5.97 Å². The van der Waals surface area contributed by atoms with Crippen LogP contribution in [0.3, 0.4) is 0 Å². The average molecular weight is 767 g/mol. The quantitative estimate of drug-likeness (QED) is 0.122. The van der Waals surface area contributed by atoms with Gasteiger partial charge in [0, 0.05) is 34.5 Å². The number of hydrogen-bond donors (Lipinski definition) is 1. The first-order chi connectivity index (χ1) is 26.5. The highest BCUT2D eigenvalue weighted by Gasteiger charge is 2.46. The lowest BCUT2D eigenvalue weighted by Gasteiger charge is -2.39. The van der Waals surface area contributed by atoms with Gasteiger partial charge in [0.2, 0.25) is 0 Å². The molecule has 0 aliphatic heterocycles. The van der Waals surface area contributed by atoms with Gasteiger partial charge in [0.15, 0.2) is 11.6 Å². The van der Waals surface area contributed by atoms with E-state index in [1.807, 2.05) is 62.0 Å². The van der Waals surface area contributed by atoms with E-state index in [2.05, 4.69) is 40.4 Å². The number of nitrogens with zero attached hydrogens (tertiary/aromatic N) is 2. The fourth-order valence-corrected chi connectivity index (χ4v) is 10.2. The van der Waals surface area contributed by atoms with Crippen LogP contribution in [0.4, 0.5) is 8.78 Å². The van der Waals surface area contributed by atoms with Gasteiger partial charge in [-0.2, -0.15) is 11.8 Å². The van der Waals surface area contributed by atoms with Crippen LogP contribution in [-0.2, 0) is 21.7 Å². The number of pyridine rings is 1. The monoisotopic (exact) mass is 766 g/mol. The van der Waals surface area contributed by atoms with Gasteiger partial charge in [0.25, 0.3) is 0 Å². The number of benzene rings is 3. The van der Waals surface area contributed by atoms with Crippen molar-refractivity contribution in [1.82, 2.24) is 10.0 Å². The predicted octanol–water partition coefficient (Wildman–Crippen LogP) is 11.9. The summed E-state index contributed by atoms with van der Waals surface area (Å²) in [7, 11) is 0. The molecule has 1 atom stereocenters. The molecule has 0 saturated heterocycles. The lowest BCUT2D eigenvalue weighted by molar-refractivity contribution is -0.224. The molecule has 4 aromatic rings. The Morgan fingerprint density at radius 1 is 0.909 bits per heavy atom. The van der Waals surface area contributed by atoms with E-state index in [9.17, 15) is 18.7 Å². The molecule has 8 heteroatoms. The second kappa shape index (κ2) is 17.7. The van der Waals surface area contributed by atoms with Crippen LogP contribution in [0.5, 0.6) is 0 Å². The molecule has 0 amide bonds. The molecule has 3 aliphatic carbocycles. The van der Waals surface area contributed by atoms with E-state index in [1.54, 1.807) is 6.07 Å². The molecule has 1 N–H and O–H groups in total. The Morgan fingerprint density at radius 2 is 1.60 bits per heavy atom. The molecule has 0 spiro atoms. The highest BCUT2D eigenvalue weighted by Crippen LogP contribution is 2.54. The number of aliphatic hydroxyl groups is 1. The zero-order chi connectivity index (χ0) is 38.4. The Balaban J connectivity index is 1.07. The SMILES string of the molecule is CC(C)(O)c1ccccc1CC[C@@H](SCC1(CC(=O)ON(C2CCCCC2)C2CCCCC2)CC1)c1cccc(C=Cc2ccc3cc(F)c(F)cc3n2)c1. The minimum Gasteiger partial charge on any atom is -0.386 e. The van der Waals surface area contributed by atoms with Gasteiger partial charge in [-0.3, -0.25) is 4.79 Å². The molecular weight excluding hydrogens is 711 g/mol. The molecule has 3 fully saturated rings. The van der Waals surface area contributed by atoms with E-state index in [0.717, 1.165) is 79.9 Å². The third kappa shape index (κ3) is 10.4. The van der Waals surface area contributed by atoms with E-state index in [4.69, 9.17) is 4.84 Å². The number of halogens is 2. The molecule has 3 aliphatic rings. The fraction of sp³-hybridized carbons (Fsp3) is 0.489. The molecule has 7 rings (SSSR count). The third-order valence-corrected chi connectivity index (χ3v) is 13.7. The summed E-state index contributed by atoms with van der Waals surface area (Å²) in [6, 6.07) is 23.3. The van der Waals surface area contributed by atoms with Crippen molar-refractivity contribution in [2.75, 3.05) is 5.75 Å². The molecule has 5 nitrogen and oxygen atoms in total. The summed E-state index contributed by atoms with van der Waals surface area (Å²) in [5.41, 5.74) is 4.39. The van der Waals surface area contributed by atoms with Gasteiger partial charge in [-0.15, -0.1) is 5.06 Å². The van der Waals surface area contributed by atoms with E-state index in [0.29, 0.717) is 35.1 Å². The van der Waals surface area contributed by atoms with Crippen LogP contribution in [0.1, 0.15) is 137 Å². The Kier molecular flexibility index (Phi) is 12.7. The number of thioether (sulfide) groups is 1.